The predicted octanol–water partition coefficient (Wildman–Crippen LogP) is 4.67. The van der Waals surface area contributed by atoms with Crippen LogP contribution in [0, 0.1) is 0 Å². The van der Waals surface area contributed by atoms with E-state index < -0.39 is 28.5 Å². The van der Waals surface area contributed by atoms with E-state index in [1.54, 1.807) is 19.1 Å². The molecule has 0 radical (unpaired) electrons. The molecule has 0 aliphatic carbocycles. The van der Waals surface area contributed by atoms with E-state index in [4.69, 9.17) is 0 Å². The van der Waals surface area contributed by atoms with Crippen molar-refractivity contribution in [3.8, 4) is 0 Å². The molecule has 0 bridgehead atoms. The van der Waals surface area contributed by atoms with Gasteiger partial charge < -0.3 is 10.2 Å². The highest BCUT2D eigenvalue weighted by Gasteiger charge is 2.30. The van der Waals surface area contributed by atoms with Gasteiger partial charge in [-0.2, -0.15) is 0 Å². The van der Waals surface area contributed by atoms with Crippen molar-refractivity contribution < 1.29 is 18.0 Å². The molecule has 1 atom stereocenters. The van der Waals surface area contributed by atoms with Gasteiger partial charge in [0.2, 0.25) is 21.8 Å². The summed E-state index contributed by atoms with van der Waals surface area (Å²) in [6.07, 6.45) is 2.86. The lowest BCUT2D eigenvalue weighted by atomic mass is 10.0. The number of hydrogen-bond donors (Lipinski definition) is 1. The predicted molar refractivity (Wildman–Crippen MR) is 145 cm³/mol. The summed E-state index contributed by atoms with van der Waals surface area (Å²) >= 11 is 3.44. The molecule has 2 aromatic carbocycles. The van der Waals surface area contributed by atoms with E-state index in [1.165, 1.54) is 4.90 Å². The van der Waals surface area contributed by atoms with Gasteiger partial charge in [0, 0.05) is 17.6 Å². The lowest BCUT2D eigenvalue weighted by Gasteiger charge is -2.31. The zero-order valence-electron chi connectivity index (χ0n) is 21.1. The van der Waals surface area contributed by atoms with Crippen LogP contribution in [0.2, 0.25) is 0 Å². The molecule has 0 unspecified atom stereocenters. The summed E-state index contributed by atoms with van der Waals surface area (Å²) < 4.78 is 27.3. The van der Waals surface area contributed by atoms with Crippen LogP contribution in [-0.2, 0) is 26.2 Å². The Hall–Kier alpha value is -2.39. The number of hydrogen-bond acceptors (Lipinski definition) is 4. The highest BCUT2D eigenvalue weighted by Crippen LogP contribution is 2.23. The van der Waals surface area contributed by atoms with Gasteiger partial charge in [0.05, 0.1) is 11.9 Å². The van der Waals surface area contributed by atoms with Gasteiger partial charge in [-0.05, 0) is 54.7 Å². The van der Waals surface area contributed by atoms with E-state index in [2.05, 4.69) is 35.1 Å². The topological polar surface area (TPSA) is 86.8 Å². The van der Waals surface area contributed by atoms with Crippen LogP contribution >= 0.6 is 15.9 Å². The number of nitrogens with zero attached hydrogens (tertiary/aromatic N) is 2. The van der Waals surface area contributed by atoms with Crippen molar-refractivity contribution in [2.24, 2.45) is 0 Å². The smallest absolute Gasteiger partial charge is 0.244 e. The lowest BCUT2D eigenvalue weighted by Crippen LogP contribution is -2.51. The molecule has 0 aliphatic heterocycles. The monoisotopic (exact) mass is 565 g/mol. The third-order valence-corrected chi connectivity index (χ3v) is 7.40. The van der Waals surface area contributed by atoms with Crippen LogP contribution in [0.1, 0.15) is 57.6 Å². The van der Waals surface area contributed by atoms with Crippen LogP contribution in [0.3, 0.4) is 0 Å². The largest absolute Gasteiger partial charge is 0.354 e. The lowest BCUT2D eigenvalue weighted by molar-refractivity contribution is -0.139. The molecule has 0 spiro atoms. The minimum atomic E-state index is -3.74. The highest BCUT2D eigenvalue weighted by molar-refractivity contribution is 9.10. The molecular formula is C26H36BrN3O4S. The second-order valence-corrected chi connectivity index (χ2v) is 11.8. The first kappa shape index (κ1) is 28.8. The van der Waals surface area contributed by atoms with Crippen molar-refractivity contribution in [3.05, 3.63) is 64.1 Å². The molecule has 0 heterocycles. The third kappa shape index (κ3) is 8.65. The first-order valence-electron chi connectivity index (χ1n) is 11.8. The summed E-state index contributed by atoms with van der Waals surface area (Å²) in [5, 5.41) is 2.87. The van der Waals surface area contributed by atoms with Crippen molar-refractivity contribution in [2.75, 3.05) is 23.7 Å². The van der Waals surface area contributed by atoms with Crippen molar-refractivity contribution in [2.45, 2.75) is 59.0 Å². The number of halogens is 1. The molecule has 1 N–H and O–H groups in total. The van der Waals surface area contributed by atoms with E-state index in [0.29, 0.717) is 18.2 Å². The van der Waals surface area contributed by atoms with Crippen LogP contribution in [0.15, 0.2) is 53.0 Å². The van der Waals surface area contributed by atoms with Crippen LogP contribution < -0.4 is 9.62 Å². The minimum absolute atomic E-state index is 0.171. The molecule has 0 aromatic heterocycles. The van der Waals surface area contributed by atoms with Crippen LogP contribution in [0.25, 0.3) is 0 Å². The van der Waals surface area contributed by atoms with Crippen molar-refractivity contribution >= 4 is 43.5 Å². The first-order chi connectivity index (χ1) is 16.4. The number of anilines is 1. The van der Waals surface area contributed by atoms with Gasteiger partial charge in [-0.1, -0.05) is 67.4 Å². The fourth-order valence-corrected chi connectivity index (χ4v) is 4.89. The van der Waals surface area contributed by atoms with Gasteiger partial charge in [-0.15, -0.1) is 0 Å². The summed E-state index contributed by atoms with van der Waals surface area (Å²) in [6, 6.07) is 13.9. The summed E-state index contributed by atoms with van der Waals surface area (Å²) in [5.41, 5.74) is 2.31. The minimum Gasteiger partial charge on any atom is -0.354 e. The number of rotatable bonds is 12. The number of sulfonamides is 1. The molecule has 9 heteroatoms. The number of carbonyl (C=O) groups is 2. The normalized spacial score (nSPS) is 12.3. The third-order valence-electron chi connectivity index (χ3n) is 5.77. The average molecular weight is 567 g/mol. The van der Waals surface area contributed by atoms with Crippen LogP contribution in [0.4, 0.5) is 5.69 Å². The summed E-state index contributed by atoms with van der Waals surface area (Å²) in [5.74, 6) is -0.430. The van der Waals surface area contributed by atoms with E-state index >= 15 is 0 Å². The Morgan fingerprint density at radius 2 is 1.71 bits per heavy atom. The fraction of sp³-hybridized carbons (Fsp3) is 0.462. The molecule has 192 valence electrons. The maximum absolute atomic E-state index is 13.5. The summed E-state index contributed by atoms with van der Waals surface area (Å²) in [4.78, 5) is 27.8. The van der Waals surface area contributed by atoms with Gasteiger partial charge in [0.25, 0.3) is 0 Å². The maximum atomic E-state index is 13.5. The van der Waals surface area contributed by atoms with Crippen molar-refractivity contribution in [3.63, 3.8) is 0 Å². The molecule has 0 fully saturated rings. The molecule has 2 amide bonds. The second-order valence-electron chi connectivity index (χ2n) is 8.99. The molecule has 35 heavy (non-hydrogen) atoms. The molecule has 0 saturated heterocycles. The quantitative estimate of drug-likeness (QED) is 0.379. The Morgan fingerprint density at radius 3 is 2.26 bits per heavy atom. The maximum Gasteiger partial charge on any atom is 0.244 e. The Kier molecular flexibility index (Phi) is 10.8. The summed E-state index contributed by atoms with van der Waals surface area (Å²) in [6.45, 7) is 8.10. The van der Waals surface area contributed by atoms with Crippen LogP contribution in [-0.4, -0.2) is 50.5 Å². The Morgan fingerprint density at radius 1 is 1.06 bits per heavy atom. The van der Waals surface area contributed by atoms with Gasteiger partial charge in [-0.25, -0.2) is 8.42 Å². The number of unbranched alkanes of at least 4 members (excludes halogenated alkanes) is 1. The zero-order valence-corrected chi connectivity index (χ0v) is 23.5. The SMILES string of the molecule is CCCCNC(=O)[C@H](C)N(Cc1cccc(Br)c1)C(=O)CN(c1ccc(C(C)C)cc1)S(C)(=O)=O. The van der Waals surface area contributed by atoms with Crippen molar-refractivity contribution in [1.29, 1.82) is 0 Å². The van der Waals surface area contributed by atoms with E-state index in [-0.39, 0.29) is 12.5 Å². The second kappa shape index (κ2) is 13.1. The number of benzene rings is 2. The number of carbonyl (C=O) groups excluding carboxylic acids is 2. The van der Waals surface area contributed by atoms with E-state index in [9.17, 15) is 18.0 Å². The van der Waals surface area contributed by atoms with Gasteiger partial charge in [0.1, 0.15) is 12.6 Å². The van der Waals surface area contributed by atoms with E-state index in [0.717, 1.165) is 39.0 Å². The van der Waals surface area contributed by atoms with Gasteiger partial charge in [-0.3, -0.25) is 13.9 Å². The standard InChI is InChI=1S/C26H36BrN3O4S/c1-6-7-15-28-26(32)20(4)29(17-21-9-8-10-23(27)16-21)25(31)18-30(35(5,33)34)24-13-11-22(12-14-24)19(2)3/h8-14,16,19-20H,6-7,15,17-18H2,1-5H3,(H,28,32)/t20-/m0/s1. The Bertz CT molecular complexity index is 1100. The molecule has 2 rings (SSSR count). The van der Waals surface area contributed by atoms with Crippen molar-refractivity contribution in [1.82, 2.24) is 10.2 Å². The molecule has 2 aromatic rings. The Labute approximate surface area is 218 Å². The zero-order chi connectivity index (χ0) is 26.2. The molecule has 0 saturated carbocycles. The molecule has 0 aliphatic rings. The van der Waals surface area contributed by atoms with Gasteiger partial charge in [0.15, 0.2) is 0 Å². The summed E-state index contributed by atoms with van der Waals surface area (Å²) in [7, 11) is -3.74. The van der Waals surface area contributed by atoms with E-state index in [1.807, 2.05) is 43.3 Å². The number of amides is 2. The van der Waals surface area contributed by atoms with Crippen LogP contribution in [0.5, 0.6) is 0 Å². The number of nitrogens with one attached hydrogen (secondary N) is 1. The molecular weight excluding hydrogens is 530 g/mol. The van der Waals surface area contributed by atoms with Gasteiger partial charge >= 0.3 is 0 Å². The first-order valence-corrected chi connectivity index (χ1v) is 14.5. The highest BCUT2D eigenvalue weighted by atomic mass is 79.9. The molecule has 7 nitrogen and oxygen atoms in total. The average Bonchev–Trinajstić information content (AvgIpc) is 2.80. The fourth-order valence-electron chi connectivity index (χ4n) is 3.59. The Balaban J connectivity index is 2.35.